The average molecular weight is 211 g/mol. The molecule has 2 fully saturated rings. The van der Waals surface area contributed by atoms with Crippen molar-refractivity contribution in [2.45, 2.75) is 25.8 Å². The van der Waals surface area contributed by atoms with Crippen molar-refractivity contribution in [2.75, 3.05) is 32.7 Å². The molecular formula is C11H21N3O. The molecule has 0 unspecified atom stereocenters. The first-order chi connectivity index (χ1) is 7.29. The third-order valence-corrected chi connectivity index (χ3v) is 3.51. The first kappa shape index (κ1) is 10.9. The van der Waals surface area contributed by atoms with Gasteiger partial charge in [-0.15, -0.1) is 0 Å². The van der Waals surface area contributed by atoms with Gasteiger partial charge in [0.2, 0.25) is 5.91 Å². The summed E-state index contributed by atoms with van der Waals surface area (Å²) in [6, 6.07) is 0.410. The van der Waals surface area contributed by atoms with Gasteiger partial charge in [0.15, 0.2) is 0 Å². The minimum absolute atomic E-state index is 0.238. The third-order valence-electron chi connectivity index (χ3n) is 3.51. The van der Waals surface area contributed by atoms with Crippen molar-refractivity contribution in [1.82, 2.24) is 15.5 Å². The van der Waals surface area contributed by atoms with E-state index in [1.54, 1.807) is 0 Å². The van der Waals surface area contributed by atoms with Crippen molar-refractivity contribution in [2.24, 2.45) is 5.92 Å². The molecule has 4 heteroatoms. The summed E-state index contributed by atoms with van der Waals surface area (Å²) in [6.07, 6.45) is 1.78. The number of piperazine rings is 1. The van der Waals surface area contributed by atoms with Crippen LogP contribution in [-0.2, 0) is 4.79 Å². The van der Waals surface area contributed by atoms with Crippen LogP contribution in [0.4, 0.5) is 0 Å². The lowest BCUT2D eigenvalue weighted by molar-refractivity contribution is -0.119. The summed E-state index contributed by atoms with van der Waals surface area (Å²) in [6.45, 7) is 7.66. The molecule has 0 aromatic carbocycles. The zero-order valence-electron chi connectivity index (χ0n) is 9.46. The van der Waals surface area contributed by atoms with Crippen molar-refractivity contribution in [3.05, 3.63) is 0 Å². The van der Waals surface area contributed by atoms with E-state index in [4.69, 9.17) is 0 Å². The zero-order valence-corrected chi connectivity index (χ0v) is 9.46. The second kappa shape index (κ2) is 4.94. The minimum atomic E-state index is 0.238. The van der Waals surface area contributed by atoms with Crippen LogP contribution in [0.2, 0.25) is 0 Å². The Morgan fingerprint density at radius 2 is 2.13 bits per heavy atom. The van der Waals surface area contributed by atoms with Gasteiger partial charge >= 0.3 is 0 Å². The van der Waals surface area contributed by atoms with Gasteiger partial charge in [0.05, 0.1) is 0 Å². The Morgan fingerprint density at radius 1 is 1.40 bits per heavy atom. The van der Waals surface area contributed by atoms with Crippen LogP contribution >= 0.6 is 0 Å². The first-order valence-electron chi connectivity index (χ1n) is 6.02. The van der Waals surface area contributed by atoms with Gasteiger partial charge in [0.25, 0.3) is 0 Å². The van der Waals surface area contributed by atoms with Crippen LogP contribution in [0.1, 0.15) is 19.8 Å². The Labute approximate surface area is 91.4 Å². The summed E-state index contributed by atoms with van der Waals surface area (Å²) in [5.41, 5.74) is 0. The number of amides is 1. The fourth-order valence-electron chi connectivity index (χ4n) is 2.62. The van der Waals surface area contributed by atoms with E-state index in [2.05, 4.69) is 22.5 Å². The molecule has 0 spiro atoms. The highest BCUT2D eigenvalue weighted by molar-refractivity contribution is 5.79. The van der Waals surface area contributed by atoms with Crippen LogP contribution in [0.5, 0.6) is 0 Å². The summed E-state index contributed by atoms with van der Waals surface area (Å²) in [5.74, 6) is 0.766. The maximum absolute atomic E-state index is 11.3. The standard InChI is InChI=1S/C11H21N3O/c1-2-10-9(7-11(15)13-10)8-14-5-3-12-4-6-14/h9-10,12H,2-8H2,1H3,(H,13,15)/t9-,10-/m0/s1. The van der Waals surface area contributed by atoms with Crippen molar-refractivity contribution >= 4 is 5.91 Å². The fraction of sp³-hybridized carbons (Fsp3) is 0.909. The van der Waals surface area contributed by atoms with Crippen molar-refractivity contribution in [3.63, 3.8) is 0 Å². The molecule has 2 aliphatic rings. The Balaban J connectivity index is 1.84. The van der Waals surface area contributed by atoms with Crippen LogP contribution in [0.25, 0.3) is 0 Å². The van der Waals surface area contributed by atoms with E-state index in [-0.39, 0.29) is 5.91 Å². The average Bonchev–Trinajstić information content (AvgIpc) is 2.60. The topological polar surface area (TPSA) is 44.4 Å². The van der Waals surface area contributed by atoms with Gasteiger partial charge in [-0.1, -0.05) is 6.92 Å². The molecule has 86 valence electrons. The lowest BCUT2D eigenvalue weighted by Crippen LogP contribution is -2.46. The number of carbonyl (C=O) groups is 1. The molecule has 2 N–H and O–H groups in total. The van der Waals surface area contributed by atoms with Crippen LogP contribution in [-0.4, -0.2) is 49.6 Å². The summed E-state index contributed by atoms with van der Waals surface area (Å²) < 4.78 is 0. The van der Waals surface area contributed by atoms with E-state index >= 15 is 0 Å². The predicted octanol–water partition coefficient (Wildman–Crippen LogP) is -0.194. The van der Waals surface area contributed by atoms with Gasteiger partial charge in [-0.05, 0) is 6.42 Å². The Bertz CT molecular complexity index is 226. The van der Waals surface area contributed by atoms with Gasteiger partial charge in [0.1, 0.15) is 0 Å². The van der Waals surface area contributed by atoms with Crippen LogP contribution in [0.15, 0.2) is 0 Å². The second-order valence-corrected chi connectivity index (χ2v) is 4.60. The molecule has 0 aromatic rings. The van der Waals surface area contributed by atoms with E-state index in [0.717, 1.165) is 45.6 Å². The highest BCUT2D eigenvalue weighted by atomic mass is 16.2. The number of nitrogens with zero attached hydrogens (tertiary/aromatic N) is 1. The van der Waals surface area contributed by atoms with E-state index in [9.17, 15) is 4.79 Å². The molecule has 0 bridgehead atoms. The van der Waals surface area contributed by atoms with Gasteiger partial charge in [-0.25, -0.2) is 0 Å². The maximum atomic E-state index is 11.3. The van der Waals surface area contributed by atoms with Crippen LogP contribution in [0, 0.1) is 5.92 Å². The Hall–Kier alpha value is -0.610. The Morgan fingerprint density at radius 3 is 2.80 bits per heavy atom. The van der Waals surface area contributed by atoms with E-state index in [0.29, 0.717) is 12.0 Å². The number of hydrogen-bond acceptors (Lipinski definition) is 3. The van der Waals surface area contributed by atoms with E-state index < -0.39 is 0 Å². The van der Waals surface area contributed by atoms with Gasteiger partial charge in [-0.3, -0.25) is 4.79 Å². The SMILES string of the molecule is CC[C@@H]1NC(=O)C[C@H]1CN1CCNCC1. The molecule has 4 nitrogen and oxygen atoms in total. The molecule has 0 radical (unpaired) electrons. The maximum Gasteiger partial charge on any atom is 0.220 e. The normalized spacial score (nSPS) is 33.0. The molecule has 2 saturated heterocycles. The second-order valence-electron chi connectivity index (χ2n) is 4.60. The fourth-order valence-corrected chi connectivity index (χ4v) is 2.62. The van der Waals surface area contributed by atoms with Gasteiger partial charge < -0.3 is 15.5 Å². The number of rotatable bonds is 3. The highest BCUT2D eigenvalue weighted by Gasteiger charge is 2.32. The third kappa shape index (κ3) is 2.69. The number of carbonyl (C=O) groups excluding carboxylic acids is 1. The van der Waals surface area contributed by atoms with Crippen LogP contribution in [0.3, 0.4) is 0 Å². The lowest BCUT2D eigenvalue weighted by atomic mass is 9.98. The van der Waals surface area contributed by atoms with Crippen molar-refractivity contribution in [1.29, 1.82) is 0 Å². The molecule has 2 rings (SSSR count). The zero-order chi connectivity index (χ0) is 10.7. The number of nitrogens with one attached hydrogen (secondary N) is 2. The summed E-state index contributed by atoms with van der Waals surface area (Å²) in [7, 11) is 0. The lowest BCUT2D eigenvalue weighted by Gasteiger charge is -2.30. The molecular weight excluding hydrogens is 190 g/mol. The van der Waals surface area contributed by atoms with Crippen molar-refractivity contribution in [3.8, 4) is 0 Å². The summed E-state index contributed by atoms with van der Waals surface area (Å²) in [4.78, 5) is 13.8. The summed E-state index contributed by atoms with van der Waals surface area (Å²) >= 11 is 0. The minimum Gasteiger partial charge on any atom is -0.353 e. The largest absolute Gasteiger partial charge is 0.353 e. The Kier molecular flexibility index (Phi) is 3.59. The molecule has 0 aromatic heterocycles. The molecule has 0 aliphatic carbocycles. The highest BCUT2D eigenvalue weighted by Crippen LogP contribution is 2.20. The molecule has 2 atom stereocenters. The predicted molar refractivity (Wildman–Crippen MR) is 59.6 cm³/mol. The molecule has 2 aliphatic heterocycles. The molecule has 2 heterocycles. The van der Waals surface area contributed by atoms with E-state index in [1.807, 2.05) is 0 Å². The van der Waals surface area contributed by atoms with Gasteiger partial charge in [-0.2, -0.15) is 0 Å². The van der Waals surface area contributed by atoms with E-state index in [1.165, 1.54) is 0 Å². The van der Waals surface area contributed by atoms with Crippen molar-refractivity contribution < 1.29 is 4.79 Å². The monoisotopic (exact) mass is 211 g/mol. The molecule has 0 saturated carbocycles. The van der Waals surface area contributed by atoms with Gasteiger partial charge in [0, 0.05) is 51.1 Å². The summed E-state index contributed by atoms with van der Waals surface area (Å²) in [5, 5.41) is 6.41. The quantitative estimate of drug-likeness (QED) is 0.680. The first-order valence-corrected chi connectivity index (χ1v) is 6.02. The molecule has 1 amide bonds. The number of hydrogen-bond donors (Lipinski definition) is 2. The molecule has 15 heavy (non-hydrogen) atoms. The van der Waals surface area contributed by atoms with Crippen LogP contribution < -0.4 is 10.6 Å². The smallest absolute Gasteiger partial charge is 0.220 e.